The predicted molar refractivity (Wildman–Crippen MR) is 70.8 cm³/mol. The lowest BCUT2D eigenvalue weighted by molar-refractivity contribution is -0.139. The number of hydrogen-bond donors (Lipinski definition) is 2. The van der Waals surface area contributed by atoms with Gasteiger partial charge in [-0.15, -0.1) is 11.3 Å². The van der Waals surface area contributed by atoms with Gasteiger partial charge < -0.3 is 5.11 Å². The van der Waals surface area contributed by atoms with Crippen molar-refractivity contribution < 1.29 is 9.90 Å². The number of hydrogen-bond acceptors (Lipinski definition) is 3. The van der Waals surface area contributed by atoms with Gasteiger partial charge in [0.05, 0.1) is 5.02 Å². The Morgan fingerprint density at radius 3 is 2.88 bits per heavy atom. The normalized spacial score (nSPS) is 12.8. The third-order valence-corrected chi connectivity index (χ3v) is 4.26. The third kappa shape index (κ3) is 2.60. The Hall–Kier alpha value is -1.10. The van der Waals surface area contributed by atoms with Gasteiger partial charge in [-0.05, 0) is 13.0 Å². The van der Waals surface area contributed by atoms with Crippen LogP contribution in [0.4, 0.5) is 0 Å². The molecule has 2 rings (SSSR count). The topological polar surface area (TPSA) is 49.3 Å². The number of carboxylic acids is 1. The number of carbonyl (C=O) groups is 1. The van der Waals surface area contributed by atoms with Crippen molar-refractivity contribution in [3.63, 3.8) is 0 Å². The molecule has 0 saturated heterocycles. The van der Waals surface area contributed by atoms with Gasteiger partial charge in [0.2, 0.25) is 0 Å². The molecule has 17 heavy (non-hydrogen) atoms. The number of halogens is 1. The summed E-state index contributed by atoms with van der Waals surface area (Å²) in [5.74, 6) is -0.859. The van der Waals surface area contributed by atoms with Crippen LogP contribution in [-0.4, -0.2) is 17.1 Å². The summed E-state index contributed by atoms with van der Waals surface area (Å²) in [6.45, 7) is 2.09. The van der Waals surface area contributed by atoms with Crippen molar-refractivity contribution in [3.8, 4) is 0 Å². The van der Waals surface area contributed by atoms with E-state index >= 15 is 0 Å². The van der Waals surface area contributed by atoms with Gasteiger partial charge in [-0.1, -0.05) is 29.8 Å². The zero-order valence-corrected chi connectivity index (χ0v) is 10.8. The van der Waals surface area contributed by atoms with Gasteiger partial charge in [0.15, 0.2) is 0 Å². The SMILES string of the molecule is CC(NCc1sc2ccccc2c1Cl)C(=O)O. The molecule has 0 aliphatic rings. The highest BCUT2D eigenvalue weighted by atomic mass is 35.5. The van der Waals surface area contributed by atoms with Crippen molar-refractivity contribution in [2.24, 2.45) is 0 Å². The van der Waals surface area contributed by atoms with Crippen LogP contribution in [0.25, 0.3) is 10.1 Å². The lowest BCUT2D eigenvalue weighted by Gasteiger charge is -2.07. The Balaban J connectivity index is 2.19. The van der Waals surface area contributed by atoms with Gasteiger partial charge in [-0.3, -0.25) is 10.1 Å². The van der Waals surface area contributed by atoms with Crippen molar-refractivity contribution in [3.05, 3.63) is 34.2 Å². The number of carboxylic acid groups (broad SMARTS) is 1. The fourth-order valence-corrected chi connectivity index (χ4v) is 2.96. The molecule has 2 aromatic rings. The van der Waals surface area contributed by atoms with E-state index < -0.39 is 12.0 Å². The second kappa shape index (κ2) is 5.04. The summed E-state index contributed by atoms with van der Waals surface area (Å²) in [4.78, 5) is 11.7. The summed E-state index contributed by atoms with van der Waals surface area (Å²) in [6, 6.07) is 7.31. The summed E-state index contributed by atoms with van der Waals surface area (Å²) >= 11 is 7.83. The molecule has 0 fully saturated rings. The zero-order valence-electron chi connectivity index (χ0n) is 9.24. The highest BCUT2D eigenvalue weighted by molar-refractivity contribution is 7.19. The van der Waals surface area contributed by atoms with Crippen LogP contribution < -0.4 is 5.32 Å². The molecule has 1 heterocycles. The number of nitrogens with one attached hydrogen (secondary N) is 1. The zero-order chi connectivity index (χ0) is 12.4. The molecule has 0 amide bonds. The average molecular weight is 270 g/mol. The molecule has 1 aromatic carbocycles. The average Bonchev–Trinajstić information content (AvgIpc) is 2.64. The Morgan fingerprint density at radius 1 is 1.53 bits per heavy atom. The van der Waals surface area contributed by atoms with Gasteiger partial charge in [0.25, 0.3) is 0 Å². The molecular weight excluding hydrogens is 258 g/mol. The van der Waals surface area contributed by atoms with Crippen molar-refractivity contribution in [1.82, 2.24) is 5.32 Å². The number of fused-ring (bicyclic) bond motifs is 1. The summed E-state index contributed by atoms with van der Waals surface area (Å²) in [6.07, 6.45) is 0. The van der Waals surface area contributed by atoms with Crippen molar-refractivity contribution in [2.75, 3.05) is 0 Å². The summed E-state index contributed by atoms with van der Waals surface area (Å²) < 4.78 is 1.12. The minimum atomic E-state index is -0.859. The van der Waals surface area contributed by atoms with E-state index in [0.717, 1.165) is 20.0 Å². The van der Waals surface area contributed by atoms with E-state index in [-0.39, 0.29) is 0 Å². The van der Waals surface area contributed by atoms with E-state index in [4.69, 9.17) is 16.7 Å². The van der Waals surface area contributed by atoms with Gasteiger partial charge >= 0.3 is 5.97 Å². The maximum Gasteiger partial charge on any atom is 0.320 e. The minimum Gasteiger partial charge on any atom is -0.480 e. The second-order valence-electron chi connectivity index (χ2n) is 3.78. The van der Waals surface area contributed by atoms with E-state index in [1.54, 1.807) is 18.3 Å². The fraction of sp³-hybridized carbons (Fsp3) is 0.250. The quantitative estimate of drug-likeness (QED) is 0.897. The molecule has 90 valence electrons. The lowest BCUT2D eigenvalue weighted by Crippen LogP contribution is -2.32. The summed E-state index contributed by atoms with van der Waals surface area (Å²) in [5.41, 5.74) is 0. The molecule has 1 aromatic heterocycles. The highest BCUT2D eigenvalue weighted by Gasteiger charge is 2.13. The van der Waals surface area contributed by atoms with Crippen LogP contribution in [0.15, 0.2) is 24.3 Å². The van der Waals surface area contributed by atoms with E-state index in [2.05, 4.69) is 5.32 Å². The number of benzene rings is 1. The van der Waals surface area contributed by atoms with E-state index in [0.29, 0.717) is 6.54 Å². The van der Waals surface area contributed by atoms with Crippen LogP contribution in [0, 0.1) is 0 Å². The molecule has 5 heteroatoms. The Labute approximate surface area is 108 Å². The Morgan fingerprint density at radius 2 is 2.24 bits per heavy atom. The number of rotatable bonds is 4. The van der Waals surface area contributed by atoms with Crippen molar-refractivity contribution in [1.29, 1.82) is 0 Å². The fourth-order valence-electron chi connectivity index (χ4n) is 1.51. The smallest absolute Gasteiger partial charge is 0.320 e. The Bertz CT molecular complexity index is 552. The van der Waals surface area contributed by atoms with Crippen LogP contribution in [0.1, 0.15) is 11.8 Å². The molecule has 1 unspecified atom stereocenters. The number of aliphatic carboxylic acids is 1. The summed E-state index contributed by atoms with van der Waals surface area (Å²) in [7, 11) is 0. The third-order valence-electron chi connectivity index (χ3n) is 2.54. The Kier molecular flexibility index (Phi) is 3.66. The van der Waals surface area contributed by atoms with E-state index in [1.165, 1.54) is 0 Å². The first-order valence-corrected chi connectivity index (χ1v) is 6.41. The molecule has 0 saturated carbocycles. The molecule has 0 bridgehead atoms. The summed E-state index contributed by atoms with van der Waals surface area (Å²) in [5, 5.41) is 13.4. The first-order valence-electron chi connectivity index (χ1n) is 5.21. The second-order valence-corrected chi connectivity index (χ2v) is 5.29. The minimum absolute atomic E-state index is 0.478. The van der Waals surface area contributed by atoms with E-state index in [1.807, 2.05) is 24.3 Å². The molecule has 0 aliphatic heterocycles. The van der Waals surface area contributed by atoms with Crippen molar-refractivity contribution in [2.45, 2.75) is 19.5 Å². The van der Waals surface area contributed by atoms with Crippen LogP contribution in [0.2, 0.25) is 5.02 Å². The molecular formula is C12H12ClNO2S. The first-order chi connectivity index (χ1) is 8.09. The van der Waals surface area contributed by atoms with Gasteiger partial charge in [-0.25, -0.2) is 0 Å². The maximum atomic E-state index is 10.7. The van der Waals surface area contributed by atoms with E-state index in [9.17, 15) is 4.79 Å². The predicted octanol–water partition coefficient (Wildman–Crippen LogP) is 3.12. The first kappa shape index (κ1) is 12.4. The van der Waals surface area contributed by atoms with Crippen LogP contribution in [-0.2, 0) is 11.3 Å². The van der Waals surface area contributed by atoms with Crippen LogP contribution in [0.3, 0.4) is 0 Å². The molecule has 1 atom stereocenters. The highest BCUT2D eigenvalue weighted by Crippen LogP contribution is 2.34. The molecule has 0 radical (unpaired) electrons. The number of thiophene rings is 1. The van der Waals surface area contributed by atoms with Gasteiger partial charge in [0.1, 0.15) is 6.04 Å². The van der Waals surface area contributed by atoms with Crippen molar-refractivity contribution >= 4 is 39.0 Å². The van der Waals surface area contributed by atoms with Crippen LogP contribution >= 0.6 is 22.9 Å². The monoisotopic (exact) mass is 269 g/mol. The molecule has 0 aliphatic carbocycles. The molecule has 2 N–H and O–H groups in total. The molecule has 3 nitrogen and oxygen atoms in total. The van der Waals surface area contributed by atoms with Gasteiger partial charge in [0, 0.05) is 21.5 Å². The maximum absolute atomic E-state index is 10.7. The lowest BCUT2D eigenvalue weighted by atomic mass is 10.2. The largest absolute Gasteiger partial charge is 0.480 e. The molecule has 0 spiro atoms. The van der Waals surface area contributed by atoms with Crippen LogP contribution in [0.5, 0.6) is 0 Å². The standard InChI is InChI=1S/C12H12ClNO2S/c1-7(12(15)16)14-6-10-11(13)8-4-2-3-5-9(8)17-10/h2-5,7,14H,6H2,1H3,(H,15,16). The van der Waals surface area contributed by atoms with Gasteiger partial charge in [-0.2, -0.15) is 0 Å².